The Labute approximate surface area is 143 Å². The summed E-state index contributed by atoms with van der Waals surface area (Å²) in [5, 5.41) is 2.31. The maximum atomic E-state index is 13.0. The fourth-order valence-corrected chi connectivity index (χ4v) is 1.88. The summed E-state index contributed by atoms with van der Waals surface area (Å²) >= 11 is 0. The van der Waals surface area contributed by atoms with Gasteiger partial charge in [-0.3, -0.25) is 9.59 Å². The van der Waals surface area contributed by atoms with Gasteiger partial charge in [-0.05, 0) is 30.3 Å². The molecule has 0 aromatic heterocycles. The monoisotopic (exact) mass is 345 g/mol. The third-order valence-corrected chi connectivity index (χ3v) is 3.07. The minimum absolute atomic E-state index is 0.0999. The molecule has 0 bridgehead atoms. The van der Waals surface area contributed by atoms with E-state index in [4.69, 9.17) is 9.47 Å². The summed E-state index contributed by atoms with van der Waals surface area (Å²) in [6.45, 7) is -0.605. The van der Waals surface area contributed by atoms with Crippen LogP contribution >= 0.6 is 0 Å². The van der Waals surface area contributed by atoms with E-state index in [9.17, 15) is 18.8 Å². The van der Waals surface area contributed by atoms with Crippen molar-refractivity contribution in [1.29, 1.82) is 0 Å². The lowest BCUT2D eigenvalue weighted by Gasteiger charge is -2.07. The van der Waals surface area contributed by atoms with Gasteiger partial charge in [0, 0.05) is 5.56 Å². The molecule has 0 heterocycles. The lowest BCUT2D eigenvalue weighted by molar-refractivity contribution is -0.143. The van der Waals surface area contributed by atoms with Crippen LogP contribution in [-0.4, -0.2) is 37.6 Å². The van der Waals surface area contributed by atoms with Crippen LogP contribution in [-0.2, 0) is 14.3 Å². The van der Waals surface area contributed by atoms with Gasteiger partial charge in [0.1, 0.15) is 25.6 Å². The van der Waals surface area contributed by atoms with E-state index in [-0.39, 0.29) is 25.3 Å². The van der Waals surface area contributed by atoms with E-state index in [1.54, 1.807) is 30.3 Å². The molecule has 0 aliphatic heterocycles. The zero-order valence-corrected chi connectivity index (χ0v) is 13.2. The molecule has 0 saturated carbocycles. The highest BCUT2D eigenvalue weighted by atomic mass is 19.1. The number of esters is 2. The van der Waals surface area contributed by atoms with Crippen molar-refractivity contribution in [3.05, 3.63) is 71.5 Å². The average Bonchev–Trinajstić information content (AvgIpc) is 2.63. The maximum absolute atomic E-state index is 13.0. The molecule has 2 aromatic carbocycles. The quantitative estimate of drug-likeness (QED) is 0.613. The molecule has 0 radical (unpaired) electrons. The number of amides is 1. The van der Waals surface area contributed by atoms with Crippen molar-refractivity contribution < 1.29 is 28.2 Å². The Bertz CT molecular complexity index is 748. The topological polar surface area (TPSA) is 81.7 Å². The molecule has 7 heteroatoms. The molecule has 0 unspecified atom stereocenters. The van der Waals surface area contributed by atoms with Crippen LogP contribution in [0.2, 0.25) is 0 Å². The minimum Gasteiger partial charge on any atom is -0.461 e. The number of nitrogens with one attached hydrogen (secondary N) is 1. The third-order valence-electron chi connectivity index (χ3n) is 3.07. The van der Waals surface area contributed by atoms with Crippen LogP contribution in [0.1, 0.15) is 20.7 Å². The normalized spacial score (nSPS) is 9.96. The van der Waals surface area contributed by atoms with Crippen LogP contribution < -0.4 is 5.32 Å². The average molecular weight is 345 g/mol. The summed E-state index contributed by atoms with van der Waals surface area (Å²) in [4.78, 5) is 34.9. The zero-order chi connectivity index (χ0) is 18.1. The van der Waals surface area contributed by atoms with Gasteiger partial charge in [-0.2, -0.15) is 0 Å². The number of hydrogen-bond donors (Lipinski definition) is 1. The maximum Gasteiger partial charge on any atom is 0.338 e. The first-order valence-corrected chi connectivity index (χ1v) is 7.48. The van der Waals surface area contributed by atoms with Gasteiger partial charge in [-0.1, -0.05) is 24.3 Å². The van der Waals surface area contributed by atoms with Crippen LogP contribution in [0.15, 0.2) is 54.6 Å². The molecular weight excluding hydrogens is 329 g/mol. The summed E-state index contributed by atoms with van der Waals surface area (Å²) in [6, 6.07) is 13.5. The van der Waals surface area contributed by atoms with Crippen molar-refractivity contribution in [3.63, 3.8) is 0 Å². The van der Waals surface area contributed by atoms with Gasteiger partial charge in [0.2, 0.25) is 0 Å². The standard InChI is InChI=1S/C18H16FNO5/c19-15-8-4-7-14(11-15)17(22)20-12-16(21)24-9-10-25-18(23)13-5-2-1-3-6-13/h1-8,11H,9-10,12H2,(H,20,22). The minimum atomic E-state index is -0.694. The van der Waals surface area contributed by atoms with Crippen LogP contribution in [0, 0.1) is 5.82 Å². The van der Waals surface area contributed by atoms with E-state index in [0.29, 0.717) is 5.56 Å². The molecular formula is C18H16FNO5. The Morgan fingerprint density at radius 1 is 0.880 bits per heavy atom. The van der Waals surface area contributed by atoms with E-state index in [2.05, 4.69) is 5.32 Å². The van der Waals surface area contributed by atoms with E-state index in [0.717, 1.165) is 6.07 Å². The fourth-order valence-electron chi connectivity index (χ4n) is 1.88. The molecule has 130 valence electrons. The molecule has 0 spiro atoms. The first-order valence-electron chi connectivity index (χ1n) is 7.48. The van der Waals surface area contributed by atoms with Crippen LogP contribution in [0.5, 0.6) is 0 Å². The molecule has 0 saturated heterocycles. The number of carbonyl (C=O) groups is 3. The van der Waals surface area contributed by atoms with Gasteiger partial charge < -0.3 is 14.8 Å². The predicted octanol–water partition coefficient (Wildman–Crippen LogP) is 1.96. The Morgan fingerprint density at radius 2 is 1.56 bits per heavy atom. The van der Waals surface area contributed by atoms with Crippen molar-refractivity contribution in [2.24, 2.45) is 0 Å². The van der Waals surface area contributed by atoms with E-state index >= 15 is 0 Å². The summed E-state index contributed by atoms with van der Waals surface area (Å²) in [5.74, 6) is -2.35. The molecule has 6 nitrogen and oxygen atoms in total. The van der Waals surface area contributed by atoms with E-state index in [1.165, 1.54) is 18.2 Å². The second-order valence-electron chi connectivity index (χ2n) is 4.92. The highest BCUT2D eigenvalue weighted by molar-refractivity contribution is 5.95. The lowest BCUT2D eigenvalue weighted by Crippen LogP contribution is -2.31. The van der Waals surface area contributed by atoms with Crippen molar-refractivity contribution in [2.75, 3.05) is 19.8 Å². The molecule has 0 aliphatic carbocycles. The number of hydrogen-bond acceptors (Lipinski definition) is 5. The van der Waals surface area contributed by atoms with Crippen molar-refractivity contribution in [2.45, 2.75) is 0 Å². The Kier molecular flexibility index (Phi) is 6.65. The van der Waals surface area contributed by atoms with Gasteiger partial charge in [-0.25, -0.2) is 9.18 Å². The van der Waals surface area contributed by atoms with Gasteiger partial charge >= 0.3 is 11.9 Å². The SMILES string of the molecule is O=C(CNC(=O)c1cccc(F)c1)OCCOC(=O)c1ccccc1. The molecule has 2 aromatic rings. The lowest BCUT2D eigenvalue weighted by atomic mass is 10.2. The smallest absolute Gasteiger partial charge is 0.338 e. The van der Waals surface area contributed by atoms with Gasteiger partial charge in [-0.15, -0.1) is 0 Å². The molecule has 0 aliphatic rings. The third kappa shape index (κ3) is 6.06. The summed E-state index contributed by atoms with van der Waals surface area (Å²) in [5.41, 5.74) is 0.501. The van der Waals surface area contributed by atoms with Crippen LogP contribution in [0.3, 0.4) is 0 Å². The largest absolute Gasteiger partial charge is 0.461 e. The summed E-state index contributed by atoms with van der Waals surface area (Å²) < 4.78 is 22.8. The van der Waals surface area contributed by atoms with Crippen molar-refractivity contribution >= 4 is 17.8 Å². The number of carbonyl (C=O) groups excluding carboxylic acids is 3. The number of benzene rings is 2. The number of ether oxygens (including phenoxy) is 2. The number of rotatable bonds is 7. The van der Waals surface area contributed by atoms with Crippen LogP contribution in [0.25, 0.3) is 0 Å². The molecule has 1 N–H and O–H groups in total. The second-order valence-corrected chi connectivity index (χ2v) is 4.92. The van der Waals surface area contributed by atoms with Gasteiger partial charge in [0.15, 0.2) is 0 Å². The zero-order valence-electron chi connectivity index (χ0n) is 13.2. The molecule has 25 heavy (non-hydrogen) atoms. The molecule has 1 amide bonds. The highest BCUT2D eigenvalue weighted by Gasteiger charge is 2.10. The Hall–Kier alpha value is -3.22. The predicted molar refractivity (Wildman–Crippen MR) is 86.4 cm³/mol. The van der Waals surface area contributed by atoms with Crippen LogP contribution in [0.4, 0.5) is 4.39 Å². The molecule has 0 atom stereocenters. The summed E-state index contributed by atoms with van der Waals surface area (Å²) in [7, 11) is 0. The molecule has 0 fully saturated rings. The van der Waals surface area contributed by atoms with Gasteiger partial charge in [0.25, 0.3) is 5.91 Å². The molecule has 2 rings (SSSR count). The first kappa shape index (κ1) is 18.1. The van der Waals surface area contributed by atoms with Crippen molar-refractivity contribution in [3.8, 4) is 0 Å². The Morgan fingerprint density at radius 3 is 2.28 bits per heavy atom. The number of halogens is 1. The Balaban J connectivity index is 1.64. The van der Waals surface area contributed by atoms with Crippen molar-refractivity contribution in [1.82, 2.24) is 5.32 Å². The fraction of sp³-hybridized carbons (Fsp3) is 0.167. The highest BCUT2D eigenvalue weighted by Crippen LogP contribution is 2.03. The second kappa shape index (κ2) is 9.17. The first-order chi connectivity index (χ1) is 12.1. The van der Waals surface area contributed by atoms with Gasteiger partial charge in [0.05, 0.1) is 5.56 Å². The van der Waals surface area contributed by atoms with E-state index in [1.807, 2.05) is 0 Å². The summed E-state index contributed by atoms with van der Waals surface area (Å²) in [6.07, 6.45) is 0. The van der Waals surface area contributed by atoms with E-state index < -0.39 is 23.7 Å².